The lowest BCUT2D eigenvalue weighted by Gasteiger charge is -2.17. The molecule has 152 valence electrons. The maximum absolute atomic E-state index is 12.7. The van der Waals surface area contributed by atoms with Gasteiger partial charge in [0.05, 0.1) is 17.1 Å². The van der Waals surface area contributed by atoms with Crippen LogP contribution < -0.4 is 5.32 Å². The number of benzene rings is 2. The van der Waals surface area contributed by atoms with Gasteiger partial charge in [0.25, 0.3) is 0 Å². The molecule has 4 nitrogen and oxygen atoms in total. The highest BCUT2D eigenvalue weighted by molar-refractivity contribution is 8.77. The number of imidazole rings is 1. The monoisotopic (exact) mass is 425 g/mol. The number of hydrogen-bond acceptors (Lipinski definition) is 4. The molecule has 4 rings (SSSR count). The number of hydrogen-bond donors (Lipinski definition) is 2. The molecule has 2 heterocycles. The number of amides is 1. The Kier molecular flexibility index (Phi) is 7.17. The predicted molar refractivity (Wildman–Crippen MR) is 124 cm³/mol. The highest BCUT2D eigenvalue weighted by atomic mass is 33.1. The fourth-order valence-electron chi connectivity index (χ4n) is 3.69. The van der Waals surface area contributed by atoms with Gasteiger partial charge >= 0.3 is 0 Å². The minimum absolute atomic E-state index is 0.111. The lowest BCUT2D eigenvalue weighted by molar-refractivity contribution is -0.122. The Morgan fingerprint density at radius 2 is 1.97 bits per heavy atom. The van der Waals surface area contributed by atoms with Crippen LogP contribution in [0.5, 0.6) is 0 Å². The number of carbonyl (C=O) groups is 1. The second kappa shape index (κ2) is 10.2. The fraction of sp³-hybridized carbons (Fsp3) is 0.391. The standard InChI is InChI=1S/C23H27N3OS2/c27-22(13-7-4-10-18-14-15-28-29-18)24-21(16-17-8-2-1-3-9-17)23-25-19-11-5-6-12-20(19)26-23/h1-3,5-6,8-9,11-12,18,21H,4,7,10,13-16H2,(H,24,27)(H,25,26)/t18?,21-/m0/s1. The van der Waals surface area contributed by atoms with Crippen LogP contribution >= 0.6 is 21.6 Å². The van der Waals surface area contributed by atoms with Gasteiger partial charge in [0.2, 0.25) is 5.91 Å². The molecule has 0 bridgehead atoms. The maximum atomic E-state index is 12.7. The molecular weight excluding hydrogens is 398 g/mol. The molecule has 1 aliphatic rings. The Hall–Kier alpha value is -1.92. The van der Waals surface area contributed by atoms with E-state index in [0.717, 1.165) is 41.4 Å². The number of fused-ring (bicyclic) bond motifs is 1. The SMILES string of the molecule is O=C(CCCCC1CCSS1)N[C@@H](Cc1ccccc1)c1nc2ccccc2[nH]1. The normalized spacial score (nSPS) is 17.4. The lowest BCUT2D eigenvalue weighted by atomic mass is 10.0. The summed E-state index contributed by atoms with van der Waals surface area (Å²) in [7, 11) is 4.00. The van der Waals surface area contributed by atoms with Gasteiger partial charge in [-0.15, -0.1) is 0 Å². The quantitative estimate of drug-likeness (QED) is 0.342. The van der Waals surface area contributed by atoms with Crippen molar-refractivity contribution in [2.75, 3.05) is 5.75 Å². The van der Waals surface area contributed by atoms with Crippen molar-refractivity contribution in [2.24, 2.45) is 0 Å². The summed E-state index contributed by atoms with van der Waals surface area (Å²) in [5, 5.41) is 4.01. The van der Waals surface area contributed by atoms with E-state index in [1.165, 1.54) is 24.2 Å². The van der Waals surface area contributed by atoms with Crippen molar-refractivity contribution in [3.05, 3.63) is 66.0 Å². The molecule has 2 aromatic carbocycles. The van der Waals surface area contributed by atoms with E-state index in [1.54, 1.807) is 0 Å². The number of rotatable bonds is 9. The van der Waals surface area contributed by atoms with Crippen LogP contribution in [0.15, 0.2) is 54.6 Å². The Labute approximate surface area is 180 Å². The summed E-state index contributed by atoms with van der Waals surface area (Å²) in [4.78, 5) is 20.8. The number of nitrogens with one attached hydrogen (secondary N) is 2. The van der Waals surface area contributed by atoms with Crippen molar-refractivity contribution >= 4 is 38.5 Å². The van der Waals surface area contributed by atoms with Crippen molar-refractivity contribution in [3.8, 4) is 0 Å². The number of aromatic amines is 1. The third kappa shape index (κ3) is 5.80. The first kappa shape index (κ1) is 20.4. The van der Waals surface area contributed by atoms with Gasteiger partial charge in [0.15, 0.2) is 0 Å². The second-order valence-corrected chi connectivity index (χ2v) is 10.3. The molecule has 1 saturated heterocycles. The Bertz CT molecular complexity index is 889. The molecule has 1 fully saturated rings. The van der Waals surface area contributed by atoms with Crippen molar-refractivity contribution in [3.63, 3.8) is 0 Å². The van der Waals surface area contributed by atoms with E-state index in [1.807, 2.05) is 64.1 Å². The maximum Gasteiger partial charge on any atom is 0.220 e. The zero-order valence-corrected chi connectivity index (χ0v) is 18.1. The van der Waals surface area contributed by atoms with Gasteiger partial charge in [-0.05, 0) is 43.4 Å². The zero-order valence-electron chi connectivity index (χ0n) is 16.5. The average Bonchev–Trinajstić information content (AvgIpc) is 3.41. The Morgan fingerprint density at radius 3 is 2.76 bits per heavy atom. The fourth-order valence-corrected chi connectivity index (χ4v) is 6.72. The summed E-state index contributed by atoms with van der Waals surface area (Å²) < 4.78 is 0. The van der Waals surface area contributed by atoms with E-state index in [-0.39, 0.29) is 11.9 Å². The van der Waals surface area contributed by atoms with Crippen LogP contribution in [0.4, 0.5) is 0 Å². The molecule has 1 aromatic heterocycles. The highest BCUT2D eigenvalue weighted by Crippen LogP contribution is 2.39. The van der Waals surface area contributed by atoms with Gasteiger partial charge in [-0.1, -0.05) is 70.5 Å². The second-order valence-electron chi connectivity index (χ2n) is 7.52. The summed E-state index contributed by atoms with van der Waals surface area (Å²) in [5.41, 5.74) is 3.12. The van der Waals surface area contributed by atoms with Crippen LogP contribution in [0.3, 0.4) is 0 Å². The van der Waals surface area contributed by atoms with Crippen LogP contribution in [0.1, 0.15) is 49.5 Å². The Balaban J connectivity index is 1.38. The number of unbranched alkanes of at least 4 members (excludes halogenated alkanes) is 1. The van der Waals surface area contributed by atoms with Crippen LogP contribution in [0.2, 0.25) is 0 Å². The van der Waals surface area contributed by atoms with Gasteiger partial charge < -0.3 is 10.3 Å². The number of H-pyrrole nitrogens is 1. The van der Waals surface area contributed by atoms with Gasteiger partial charge in [-0.25, -0.2) is 4.98 Å². The minimum Gasteiger partial charge on any atom is -0.346 e. The molecule has 6 heteroatoms. The van der Waals surface area contributed by atoms with Crippen molar-refractivity contribution < 1.29 is 4.79 Å². The lowest BCUT2D eigenvalue weighted by Crippen LogP contribution is -2.30. The number of nitrogens with zero attached hydrogens (tertiary/aromatic N) is 1. The Morgan fingerprint density at radius 1 is 1.14 bits per heavy atom. The average molecular weight is 426 g/mol. The predicted octanol–water partition coefficient (Wildman–Crippen LogP) is 5.68. The highest BCUT2D eigenvalue weighted by Gasteiger charge is 2.20. The molecule has 0 saturated carbocycles. The van der Waals surface area contributed by atoms with Crippen LogP contribution in [0, 0.1) is 0 Å². The van der Waals surface area contributed by atoms with Crippen LogP contribution in [0.25, 0.3) is 11.0 Å². The number of aromatic nitrogens is 2. The van der Waals surface area contributed by atoms with Crippen LogP contribution in [-0.4, -0.2) is 26.9 Å². The van der Waals surface area contributed by atoms with Gasteiger partial charge in [0.1, 0.15) is 5.82 Å². The van der Waals surface area contributed by atoms with Gasteiger partial charge in [-0.3, -0.25) is 4.79 Å². The zero-order chi connectivity index (χ0) is 19.9. The van der Waals surface area contributed by atoms with E-state index >= 15 is 0 Å². The first-order valence-electron chi connectivity index (χ1n) is 10.3. The summed E-state index contributed by atoms with van der Waals surface area (Å²) in [5.74, 6) is 2.21. The molecular formula is C23H27N3OS2. The minimum atomic E-state index is -0.154. The van der Waals surface area contributed by atoms with E-state index in [0.29, 0.717) is 6.42 Å². The molecule has 0 aliphatic carbocycles. The summed E-state index contributed by atoms with van der Waals surface area (Å²) >= 11 is 0. The number of carbonyl (C=O) groups excluding carboxylic acids is 1. The van der Waals surface area contributed by atoms with E-state index in [9.17, 15) is 4.79 Å². The molecule has 1 unspecified atom stereocenters. The van der Waals surface area contributed by atoms with E-state index < -0.39 is 0 Å². The molecule has 2 N–H and O–H groups in total. The summed E-state index contributed by atoms with van der Waals surface area (Å²) in [6.07, 6.45) is 5.92. The summed E-state index contributed by atoms with van der Waals surface area (Å²) in [6, 6.07) is 18.1. The molecule has 1 amide bonds. The van der Waals surface area contributed by atoms with Crippen molar-refractivity contribution in [1.82, 2.24) is 15.3 Å². The van der Waals surface area contributed by atoms with E-state index in [4.69, 9.17) is 4.98 Å². The van der Waals surface area contributed by atoms with Gasteiger partial charge in [-0.2, -0.15) is 0 Å². The molecule has 3 aromatic rings. The molecule has 0 spiro atoms. The third-order valence-electron chi connectivity index (χ3n) is 5.26. The molecule has 2 atom stereocenters. The topological polar surface area (TPSA) is 57.8 Å². The molecule has 0 radical (unpaired) electrons. The molecule has 1 aliphatic heterocycles. The van der Waals surface area contributed by atoms with Gasteiger partial charge in [0, 0.05) is 17.4 Å². The van der Waals surface area contributed by atoms with Crippen molar-refractivity contribution in [2.45, 2.75) is 49.8 Å². The van der Waals surface area contributed by atoms with E-state index in [2.05, 4.69) is 22.4 Å². The first-order valence-corrected chi connectivity index (χ1v) is 12.7. The van der Waals surface area contributed by atoms with Crippen LogP contribution in [-0.2, 0) is 11.2 Å². The molecule has 29 heavy (non-hydrogen) atoms. The summed E-state index contributed by atoms with van der Waals surface area (Å²) in [6.45, 7) is 0. The smallest absolute Gasteiger partial charge is 0.220 e. The number of para-hydroxylation sites is 2. The first-order chi connectivity index (χ1) is 14.3. The third-order valence-corrected chi connectivity index (χ3v) is 8.27. The largest absolute Gasteiger partial charge is 0.346 e. The van der Waals surface area contributed by atoms with Crippen molar-refractivity contribution in [1.29, 1.82) is 0 Å².